The molecule has 0 unspecified atom stereocenters. The molecule has 0 atom stereocenters. The quantitative estimate of drug-likeness (QED) is 0.518. The van der Waals surface area contributed by atoms with E-state index in [2.05, 4.69) is 15.6 Å². The monoisotopic (exact) mass is 450 g/mol. The van der Waals surface area contributed by atoms with Crippen molar-refractivity contribution in [3.8, 4) is 0 Å². The van der Waals surface area contributed by atoms with Crippen molar-refractivity contribution in [1.82, 2.24) is 10.3 Å². The molecule has 3 aromatic rings. The van der Waals surface area contributed by atoms with Gasteiger partial charge in [0.15, 0.2) is 5.13 Å². The first-order chi connectivity index (χ1) is 15.4. The molecule has 0 spiro atoms. The Balaban J connectivity index is 1.67. The Morgan fingerprint density at radius 3 is 2.47 bits per heavy atom. The van der Waals surface area contributed by atoms with Crippen molar-refractivity contribution in [2.24, 2.45) is 0 Å². The molecule has 3 rings (SSSR count). The summed E-state index contributed by atoms with van der Waals surface area (Å²) in [5.74, 6) is -0.846. The third-order valence-electron chi connectivity index (χ3n) is 5.05. The number of hydrogen-bond donors (Lipinski definition) is 2. The number of nitrogens with one attached hydrogen (secondary N) is 2. The first kappa shape index (κ1) is 23.1. The second kappa shape index (κ2) is 11.2. The fourth-order valence-electron chi connectivity index (χ4n) is 3.15. The number of nitrogens with zero attached hydrogens (tertiary/aromatic N) is 2. The van der Waals surface area contributed by atoms with Gasteiger partial charge in [0.2, 0.25) is 17.7 Å². The van der Waals surface area contributed by atoms with E-state index in [1.54, 1.807) is 11.6 Å². The molecular formula is C24H26N4O3S. The second-order valence-electron chi connectivity index (χ2n) is 7.35. The van der Waals surface area contributed by atoms with Crippen LogP contribution in [0.25, 0.3) is 0 Å². The molecule has 0 bridgehead atoms. The predicted octanol–water partition coefficient (Wildman–Crippen LogP) is 3.83. The molecule has 2 N–H and O–H groups in total. The first-order valence-corrected chi connectivity index (χ1v) is 11.2. The van der Waals surface area contributed by atoms with E-state index in [0.717, 1.165) is 16.7 Å². The van der Waals surface area contributed by atoms with Crippen molar-refractivity contribution < 1.29 is 14.4 Å². The molecule has 32 heavy (non-hydrogen) atoms. The number of aromatic nitrogens is 1. The zero-order valence-corrected chi connectivity index (χ0v) is 18.9. The third kappa shape index (κ3) is 6.49. The van der Waals surface area contributed by atoms with E-state index in [1.807, 2.05) is 62.4 Å². The van der Waals surface area contributed by atoms with Gasteiger partial charge in [-0.2, -0.15) is 0 Å². The fraction of sp³-hybridized carbons (Fsp3) is 0.250. The number of amides is 3. The number of thiazole rings is 1. The van der Waals surface area contributed by atoms with Crippen molar-refractivity contribution in [1.29, 1.82) is 0 Å². The number of benzene rings is 2. The van der Waals surface area contributed by atoms with Gasteiger partial charge >= 0.3 is 0 Å². The Labute approximate surface area is 191 Å². The van der Waals surface area contributed by atoms with Gasteiger partial charge in [-0.15, -0.1) is 11.3 Å². The van der Waals surface area contributed by atoms with Crippen molar-refractivity contribution in [3.63, 3.8) is 0 Å². The van der Waals surface area contributed by atoms with Crippen LogP contribution in [0.4, 0.5) is 10.8 Å². The van der Waals surface area contributed by atoms with Crippen molar-refractivity contribution in [3.05, 3.63) is 76.8 Å². The van der Waals surface area contributed by atoms with Gasteiger partial charge in [0.25, 0.3) is 0 Å². The molecule has 3 amide bonds. The van der Waals surface area contributed by atoms with Gasteiger partial charge in [0, 0.05) is 36.7 Å². The van der Waals surface area contributed by atoms with Crippen molar-refractivity contribution in [2.75, 3.05) is 16.8 Å². The standard InChI is InChI=1S/C24H26N4O3S/c1-17-7-6-10-20(18(17)2)28(16-22(30)26-15-19-8-4-3-5-9-19)23(31)12-11-21(29)27-24-25-13-14-32-24/h3-10,13-14H,11-12,15-16H2,1-2H3,(H,26,30)(H,25,27,29). The molecule has 0 aliphatic rings. The van der Waals surface area contributed by atoms with Crippen LogP contribution < -0.4 is 15.5 Å². The van der Waals surface area contributed by atoms with Crippen LogP contribution in [0, 0.1) is 13.8 Å². The maximum atomic E-state index is 13.1. The van der Waals surface area contributed by atoms with Crippen LogP contribution in [0.5, 0.6) is 0 Å². The minimum Gasteiger partial charge on any atom is -0.350 e. The van der Waals surface area contributed by atoms with Crippen LogP contribution in [0.2, 0.25) is 0 Å². The molecule has 0 saturated heterocycles. The average molecular weight is 451 g/mol. The smallest absolute Gasteiger partial charge is 0.240 e. The summed E-state index contributed by atoms with van der Waals surface area (Å²) in [6.45, 7) is 4.13. The Hall–Kier alpha value is -3.52. The van der Waals surface area contributed by atoms with Crippen LogP contribution in [0.1, 0.15) is 29.5 Å². The minimum atomic E-state index is -0.289. The molecule has 2 aromatic carbocycles. The van der Waals surface area contributed by atoms with Gasteiger partial charge in [-0.1, -0.05) is 42.5 Å². The zero-order valence-electron chi connectivity index (χ0n) is 18.1. The number of hydrogen-bond acceptors (Lipinski definition) is 5. The van der Waals surface area contributed by atoms with Crippen LogP contribution in [0.15, 0.2) is 60.1 Å². The number of aryl methyl sites for hydroxylation is 1. The van der Waals surface area contributed by atoms with E-state index in [1.165, 1.54) is 16.2 Å². The summed E-state index contributed by atoms with van der Waals surface area (Å²) in [5, 5.41) is 7.79. The van der Waals surface area contributed by atoms with Gasteiger partial charge in [-0.3, -0.25) is 14.4 Å². The zero-order chi connectivity index (χ0) is 22.9. The highest BCUT2D eigenvalue weighted by atomic mass is 32.1. The van der Waals surface area contributed by atoms with Gasteiger partial charge in [-0.25, -0.2) is 4.98 Å². The van der Waals surface area contributed by atoms with Gasteiger partial charge < -0.3 is 15.5 Å². The lowest BCUT2D eigenvalue weighted by Gasteiger charge is -2.25. The molecule has 0 radical (unpaired) electrons. The van der Waals surface area contributed by atoms with Crippen molar-refractivity contribution in [2.45, 2.75) is 33.2 Å². The Morgan fingerprint density at radius 1 is 0.969 bits per heavy atom. The van der Waals surface area contributed by atoms with E-state index in [9.17, 15) is 14.4 Å². The SMILES string of the molecule is Cc1cccc(N(CC(=O)NCc2ccccc2)C(=O)CCC(=O)Nc2nccs2)c1C. The fourth-order valence-corrected chi connectivity index (χ4v) is 3.70. The van der Waals surface area contributed by atoms with Gasteiger partial charge in [-0.05, 0) is 36.6 Å². The summed E-state index contributed by atoms with van der Waals surface area (Å²) in [4.78, 5) is 43.4. The third-order valence-corrected chi connectivity index (χ3v) is 5.74. The molecule has 166 valence electrons. The number of rotatable bonds is 9. The van der Waals surface area contributed by atoms with E-state index in [4.69, 9.17) is 0 Å². The molecular weight excluding hydrogens is 424 g/mol. The lowest BCUT2D eigenvalue weighted by molar-refractivity contribution is -0.125. The number of carbonyl (C=O) groups is 3. The maximum Gasteiger partial charge on any atom is 0.240 e. The van der Waals surface area contributed by atoms with E-state index >= 15 is 0 Å². The number of anilines is 2. The maximum absolute atomic E-state index is 13.1. The Kier molecular flexibility index (Phi) is 8.10. The molecule has 8 heteroatoms. The molecule has 0 saturated carbocycles. The summed E-state index contributed by atoms with van der Waals surface area (Å²) in [5.41, 5.74) is 3.59. The normalized spacial score (nSPS) is 10.4. The highest BCUT2D eigenvalue weighted by Crippen LogP contribution is 2.24. The summed E-state index contributed by atoms with van der Waals surface area (Å²) in [6, 6.07) is 15.2. The lowest BCUT2D eigenvalue weighted by atomic mass is 10.1. The largest absolute Gasteiger partial charge is 0.350 e. The predicted molar refractivity (Wildman–Crippen MR) is 127 cm³/mol. The minimum absolute atomic E-state index is 0.00537. The molecule has 7 nitrogen and oxygen atoms in total. The summed E-state index contributed by atoms with van der Waals surface area (Å²) >= 11 is 1.31. The van der Waals surface area contributed by atoms with Crippen LogP contribution in [-0.4, -0.2) is 29.3 Å². The van der Waals surface area contributed by atoms with Gasteiger partial charge in [0.1, 0.15) is 6.54 Å². The van der Waals surface area contributed by atoms with Crippen LogP contribution in [-0.2, 0) is 20.9 Å². The molecule has 1 heterocycles. The summed E-state index contributed by atoms with van der Waals surface area (Å²) < 4.78 is 0. The summed E-state index contributed by atoms with van der Waals surface area (Å²) in [7, 11) is 0. The number of carbonyl (C=O) groups excluding carboxylic acids is 3. The van der Waals surface area contributed by atoms with E-state index < -0.39 is 0 Å². The molecule has 0 aliphatic carbocycles. The Morgan fingerprint density at radius 2 is 1.75 bits per heavy atom. The summed E-state index contributed by atoms with van der Waals surface area (Å²) in [6.07, 6.45) is 1.59. The highest BCUT2D eigenvalue weighted by Gasteiger charge is 2.22. The van der Waals surface area contributed by atoms with Crippen molar-refractivity contribution >= 4 is 39.9 Å². The Bertz CT molecular complexity index is 1070. The second-order valence-corrected chi connectivity index (χ2v) is 8.24. The van der Waals surface area contributed by atoms with E-state index in [-0.39, 0.29) is 37.1 Å². The average Bonchev–Trinajstić information content (AvgIpc) is 3.30. The molecule has 0 fully saturated rings. The molecule has 1 aromatic heterocycles. The van der Waals surface area contributed by atoms with Crippen LogP contribution in [0.3, 0.4) is 0 Å². The van der Waals surface area contributed by atoms with Crippen LogP contribution >= 0.6 is 11.3 Å². The topological polar surface area (TPSA) is 91.4 Å². The molecule has 0 aliphatic heterocycles. The highest BCUT2D eigenvalue weighted by molar-refractivity contribution is 7.13. The van der Waals surface area contributed by atoms with E-state index in [0.29, 0.717) is 17.4 Å². The first-order valence-electron chi connectivity index (χ1n) is 10.3. The lowest BCUT2D eigenvalue weighted by Crippen LogP contribution is -2.41. The van der Waals surface area contributed by atoms with Gasteiger partial charge in [0.05, 0.1) is 0 Å².